The second-order valence-electron chi connectivity index (χ2n) is 4.15. The average molecular weight is 272 g/mol. The molecule has 0 radical (unpaired) electrons. The van der Waals surface area contributed by atoms with Crippen LogP contribution in [0.25, 0.3) is 0 Å². The third kappa shape index (κ3) is 3.09. The Morgan fingerprint density at radius 3 is 3.00 bits per heavy atom. The molecule has 1 aromatic carbocycles. The molecular formula is C13H18ClNOS. The van der Waals surface area contributed by atoms with Gasteiger partial charge in [0, 0.05) is 24.1 Å². The Hall–Kier alpha value is -0.380. The summed E-state index contributed by atoms with van der Waals surface area (Å²) in [5.41, 5.74) is 2.54. The minimum Gasteiger partial charge on any atom is -0.492 e. The van der Waals surface area contributed by atoms with Gasteiger partial charge in [-0.05, 0) is 37.1 Å². The van der Waals surface area contributed by atoms with E-state index in [0.29, 0.717) is 17.7 Å². The summed E-state index contributed by atoms with van der Waals surface area (Å²) in [5, 5.41) is 4.25. The Morgan fingerprint density at radius 1 is 1.53 bits per heavy atom. The Bertz CT molecular complexity index is 391. The molecule has 1 fully saturated rings. The number of aryl methyl sites for hydroxylation is 1. The summed E-state index contributed by atoms with van der Waals surface area (Å²) < 4.78 is 5.50. The van der Waals surface area contributed by atoms with E-state index in [9.17, 15) is 0 Å². The Labute approximate surface area is 112 Å². The molecule has 2 nitrogen and oxygen atoms in total. The standard InChI is InChI=1S/C13H18ClNOS/c1-3-16-13-6-9(2)10(7-11(13)14)12-8-17-5-4-15-12/h6-7,12,15H,3-5,8H2,1-2H3. The van der Waals surface area contributed by atoms with Crippen LogP contribution in [-0.4, -0.2) is 24.7 Å². The van der Waals surface area contributed by atoms with Crippen molar-refractivity contribution >= 4 is 23.4 Å². The highest BCUT2D eigenvalue weighted by molar-refractivity contribution is 7.99. The predicted molar refractivity (Wildman–Crippen MR) is 75.4 cm³/mol. The smallest absolute Gasteiger partial charge is 0.138 e. The van der Waals surface area contributed by atoms with Crippen molar-refractivity contribution in [1.29, 1.82) is 0 Å². The first-order chi connectivity index (χ1) is 8.22. The molecule has 0 aliphatic carbocycles. The molecule has 1 saturated heterocycles. The Balaban J connectivity index is 2.25. The normalized spacial score (nSPS) is 20.3. The van der Waals surface area contributed by atoms with Crippen LogP contribution in [0.15, 0.2) is 12.1 Å². The van der Waals surface area contributed by atoms with Crippen LogP contribution in [0.1, 0.15) is 24.1 Å². The second kappa shape index (κ2) is 5.98. The summed E-state index contributed by atoms with van der Waals surface area (Å²) in [5.74, 6) is 3.10. The van der Waals surface area contributed by atoms with E-state index in [0.717, 1.165) is 18.0 Å². The van der Waals surface area contributed by atoms with Crippen molar-refractivity contribution in [3.05, 3.63) is 28.3 Å². The maximum absolute atomic E-state index is 6.24. The Morgan fingerprint density at radius 2 is 2.35 bits per heavy atom. The molecule has 1 aliphatic rings. The summed E-state index contributed by atoms with van der Waals surface area (Å²) in [7, 11) is 0. The van der Waals surface area contributed by atoms with Crippen molar-refractivity contribution in [2.45, 2.75) is 19.9 Å². The van der Waals surface area contributed by atoms with Crippen LogP contribution < -0.4 is 10.1 Å². The molecule has 4 heteroatoms. The van der Waals surface area contributed by atoms with Gasteiger partial charge in [0.05, 0.1) is 11.6 Å². The van der Waals surface area contributed by atoms with Crippen LogP contribution in [0.5, 0.6) is 5.75 Å². The van der Waals surface area contributed by atoms with Gasteiger partial charge in [-0.1, -0.05) is 11.6 Å². The quantitative estimate of drug-likeness (QED) is 0.910. The van der Waals surface area contributed by atoms with E-state index in [1.165, 1.54) is 16.9 Å². The molecular weight excluding hydrogens is 254 g/mol. The maximum Gasteiger partial charge on any atom is 0.138 e. The first-order valence-electron chi connectivity index (χ1n) is 5.96. The van der Waals surface area contributed by atoms with Gasteiger partial charge in [0.2, 0.25) is 0 Å². The number of rotatable bonds is 3. The van der Waals surface area contributed by atoms with Crippen LogP contribution in [0.2, 0.25) is 5.02 Å². The molecule has 1 heterocycles. The van der Waals surface area contributed by atoms with Gasteiger partial charge in [0.1, 0.15) is 5.75 Å². The van der Waals surface area contributed by atoms with Crippen LogP contribution in [-0.2, 0) is 0 Å². The SMILES string of the molecule is CCOc1cc(C)c(C2CSCCN2)cc1Cl. The van der Waals surface area contributed by atoms with E-state index < -0.39 is 0 Å². The van der Waals surface area contributed by atoms with Gasteiger partial charge >= 0.3 is 0 Å². The van der Waals surface area contributed by atoms with E-state index in [1.54, 1.807) is 0 Å². The van der Waals surface area contributed by atoms with Crippen molar-refractivity contribution < 1.29 is 4.74 Å². The number of hydrogen-bond acceptors (Lipinski definition) is 3. The molecule has 17 heavy (non-hydrogen) atoms. The van der Waals surface area contributed by atoms with Gasteiger partial charge < -0.3 is 10.1 Å². The summed E-state index contributed by atoms with van der Waals surface area (Å²) >= 11 is 8.23. The number of halogens is 1. The van der Waals surface area contributed by atoms with Crippen molar-refractivity contribution in [2.24, 2.45) is 0 Å². The van der Waals surface area contributed by atoms with Crippen molar-refractivity contribution in [1.82, 2.24) is 5.32 Å². The fourth-order valence-corrected chi connectivity index (χ4v) is 3.27. The molecule has 0 amide bonds. The monoisotopic (exact) mass is 271 g/mol. The molecule has 0 bridgehead atoms. The largest absolute Gasteiger partial charge is 0.492 e. The zero-order chi connectivity index (χ0) is 12.3. The van der Waals surface area contributed by atoms with Crippen molar-refractivity contribution in [3.8, 4) is 5.75 Å². The molecule has 1 aromatic rings. The molecule has 0 saturated carbocycles. The van der Waals surface area contributed by atoms with Gasteiger partial charge in [0.25, 0.3) is 0 Å². The molecule has 1 N–H and O–H groups in total. The van der Waals surface area contributed by atoms with Crippen molar-refractivity contribution in [3.63, 3.8) is 0 Å². The second-order valence-corrected chi connectivity index (χ2v) is 5.71. The first kappa shape index (κ1) is 13.1. The van der Waals surface area contributed by atoms with E-state index in [-0.39, 0.29) is 0 Å². The lowest BCUT2D eigenvalue weighted by Gasteiger charge is -2.25. The lowest BCUT2D eigenvalue weighted by atomic mass is 10.0. The number of ether oxygens (including phenoxy) is 1. The summed E-state index contributed by atoms with van der Waals surface area (Å²) in [4.78, 5) is 0. The predicted octanol–water partition coefficient (Wildman–Crippen LogP) is 3.42. The van der Waals surface area contributed by atoms with E-state index in [4.69, 9.17) is 16.3 Å². The van der Waals surface area contributed by atoms with Gasteiger partial charge in [0.15, 0.2) is 0 Å². The number of hydrogen-bond donors (Lipinski definition) is 1. The molecule has 0 aromatic heterocycles. The molecule has 1 aliphatic heterocycles. The number of benzene rings is 1. The van der Waals surface area contributed by atoms with Crippen LogP contribution in [0, 0.1) is 6.92 Å². The van der Waals surface area contributed by atoms with E-state index in [1.807, 2.05) is 30.8 Å². The zero-order valence-corrected chi connectivity index (χ0v) is 11.8. The molecule has 2 rings (SSSR count). The van der Waals surface area contributed by atoms with E-state index in [2.05, 4.69) is 12.2 Å². The highest BCUT2D eigenvalue weighted by Crippen LogP contribution is 2.33. The fraction of sp³-hybridized carbons (Fsp3) is 0.538. The fourth-order valence-electron chi connectivity index (χ4n) is 2.08. The highest BCUT2D eigenvalue weighted by atomic mass is 35.5. The summed E-state index contributed by atoms with van der Waals surface area (Å²) in [6.45, 7) is 5.81. The lowest BCUT2D eigenvalue weighted by Crippen LogP contribution is -2.30. The minimum absolute atomic E-state index is 0.418. The van der Waals surface area contributed by atoms with Gasteiger partial charge in [-0.15, -0.1) is 0 Å². The first-order valence-corrected chi connectivity index (χ1v) is 7.49. The van der Waals surface area contributed by atoms with Crippen molar-refractivity contribution in [2.75, 3.05) is 24.7 Å². The van der Waals surface area contributed by atoms with Gasteiger partial charge in [-0.2, -0.15) is 11.8 Å². The average Bonchev–Trinajstić information content (AvgIpc) is 2.35. The number of thioether (sulfide) groups is 1. The Kier molecular flexibility index (Phi) is 4.60. The summed E-state index contributed by atoms with van der Waals surface area (Å²) in [6.07, 6.45) is 0. The zero-order valence-electron chi connectivity index (χ0n) is 10.3. The third-order valence-electron chi connectivity index (χ3n) is 2.92. The topological polar surface area (TPSA) is 21.3 Å². The van der Waals surface area contributed by atoms with Gasteiger partial charge in [-0.3, -0.25) is 0 Å². The third-order valence-corrected chi connectivity index (χ3v) is 4.27. The van der Waals surface area contributed by atoms with Crippen LogP contribution in [0.3, 0.4) is 0 Å². The number of nitrogens with one attached hydrogen (secondary N) is 1. The molecule has 1 atom stereocenters. The maximum atomic E-state index is 6.24. The summed E-state index contributed by atoms with van der Waals surface area (Å²) in [6, 6.07) is 4.51. The minimum atomic E-state index is 0.418. The van der Waals surface area contributed by atoms with E-state index >= 15 is 0 Å². The lowest BCUT2D eigenvalue weighted by molar-refractivity contribution is 0.340. The molecule has 94 valence electrons. The molecule has 0 spiro atoms. The highest BCUT2D eigenvalue weighted by Gasteiger charge is 2.18. The van der Waals surface area contributed by atoms with Crippen LogP contribution in [0.4, 0.5) is 0 Å². The molecule has 1 unspecified atom stereocenters. The van der Waals surface area contributed by atoms with Gasteiger partial charge in [-0.25, -0.2) is 0 Å². The van der Waals surface area contributed by atoms with Crippen LogP contribution >= 0.6 is 23.4 Å².